The lowest BCUT2D eigenvalue weighted by molar-refractivity contribution is -0.119. The van der Waals surface area contributed by atoms with E-state index in [4.69, 9.17) is 0 Å². The Labute approximate surface area is 170 Å². The fourth-order valence-electron chi connectivity index (χ4n) is 3.53. The van der Waals surface area contributed by atoms with Gasteiger partial charge < -0.3 is 5.32 Å². The Kier molecular flexibility index (Phi) is 5.46. The zero-order chi connectivity index (χ0) is 20.3. The summed E-state index contributed by atoms with van der Waals surface area (Å²) in [6.45, 7) is 0.928. The summed E-state index contributed by atoms with van der Waals surface area (Å²) >= 11 is 0. The van der Waals surface area contributed by atoms with Gasteiger partial charge in [-0.1, -0.05) is 48.5 Å². The van der Waals surface area contributed by atoms with Crippen LogP contribution in [-0.2, 0) is 21.4 Å². The Morgan fingerprint density at radius 2 is 1.76 bits per heavy atom. The lowest BCUT2D eigenvalue weighted by Crippen LogP contribution is -2.43. The minimum Gasteiger partial charge on any atom is -0.322 e. The largest absolute Gasteiger partial charge is 0.322 e. The van der Waals surface area contributed by atoms with Crippen LogP contribution in [0.1, 0.15) is 18.4 Å². The minimum atomic E-state index is -3.71. The third kappa shape index (κ3) is 4.23. The average molecular weight is 410 g/mol. The van der Waals surface area contributed by atoms with Crippen LogP contribution in [-0.4, -0.2) is 41.0 Å². The van der Waals surface area contributed by atoms with Gasteiger partial charge in [-0.3, -0.25) is 9.48 Å². The number of hydrogen-bond donors (Lipinski definition) is 1. The molecular formula is C21H22N4O3S. The summed E-state index contributed by atoms with van der Waals surface area (Å²) in [5.74, 6) is -0.332. The lowest BCUT2D eigenvalue weighted by Gasteiger charge is -2.23. The molecule has 0 aliphatic carbocycles. The number of benzene rings is 2. The highest BCUT2D eigenvalue weighted by molar-refractivity contribution is 7.89. The molecule has 2 aromatic carbocycles. The molecule has 2 heterocycles. The average Bonchev–Trinajstić information content (AvgIpc) is 3.39. The van der Waals surface area contributed by atoms with E-state index in [-0.39, 0.29) is 10.8 Å². The van der Waals surface area contributed by atoms with Crippen LogP contribution in [0.3, 0.4) is 0 Å². The van der Waals surface area contributed by atoms with Gasteiger partial charge in [0.25, 0.3) is 0 Å². The van der Waals surface area contributed by atoms with Crippen LogP contribution in [0, 0.1) is 0 Å². The quantitative estimate of drug-likeness (QED) is 0.677. The molecule has 1 aliphatic heterocycles. The van der Waals surface area contributed by atoms with Crippen LogP contribution in [0.4, 0.5) is 5.69 Å². The van der Waals surface area contributed by atoms with Gasteiger partial charge in [-0.2, -0.15) is 9.40 Å². The molecular weight excluding hydrogens is 388 g/mol. The standard InChI is InChI=1S/C21H22N4O3S/c26-21(23-18-14-22-24(16-18)15-17-8-3-1-4-9-17)20-12-7-13-25(20)29(27,28)19-10-5-2-6-11-19/h1-6,8-11,14,16,20H,7,12-13,15H2,(H,23,26). The van der Waals surface area contributed by atoms with Crippen molar-refractivity contribution in [3.63, 3.8) is 0 Å². The van der Waals surface area contributed by atoms with Gasteiger partial charge in [-0.05, 0) is 30.5 Å². The molecule has 0 radical (unpaired) electrons. The van der Waals surface area contributed by atoms with E-state index in [0.29, 0.717) is 31.6 Å². The molecule has 7 nitrogen and oxygen atoms in total. The Morgan fingerprint density at radius 3 is 2.48 bits per heavy atom. The van der Waals surface area contributed by atoms with Crippen LogP contribution < -0.4 is 5.32 Å². The van der Waals surface area contributed by atoms with Crippen molar-refractivity contribution < 1.29 is 13.2 Å². The van der Waals surface area contributed by atoms with Crippen LogP contribution in [0.5, 0.6) is 0 Å². The van der Waals surface area contributed by atoms with E-state index in [2.05, 4.69) is 10.4 Å². The molecule has 3 aromatic rings. The van der Waals surface area contributed by atoms with Crippen molar-refractivity contribution in [1.82, 2.24) is 14.1 Å². The summed E-state index contributed by atoms with van der Waals surface area (Å²) < 4.78 is 28.9. The molecule has 0 bridgehead atoms. The summed E-state index contributed by atoms with van der Waals surface area (Å²) in [7, 11) is -3.71. The summed E-state index contributed by atoms with van der Waals surface area (Å²) in [5.41, 5.74) is 1.65. The third-order valence-electron chi connectivity index (χ3n) is 4.94. The Morgan fingerprint density at radius 1 is 1.07 bits per heavy atom. The second-order valence-electron chi connectivity index (χ2n) is 6.99. The molecule has 1 atom stereocenters. The topological polar surface area (TPSA) is 84.3 Å². The Hall–Kier alpha value is -2.97. The first kappa shape index (κ1) is 19.4. The van der Waals surface area contributed by atoms with Crippen LogP contribution in [0.25, 0.3) is 0 Å². The highest BCUT2D eigenvalue weighted by Crippen LogP contribution is 2.27. The van der Waals surface area contributed by atoms with Crippen molar-refractivity contribution in [2.45, 2.75) is 30.3 Å². The highest BCUT2D eigenvalue weighted by atomic mass is 32.2. The molecule has 0 saturated carbocycles. The van der Waals surface area contributed by atoms with E-state index in [1.165, 1.54) is 4.31 Å². The van der Waals surface area contributed by atoms with Crippen molar-refractivity contribution in [1.29, 1.82) is 0 Å². The highest BCUT2D eigenvalue weighted by Gasteiger charge is 2.39. The van der Waals surface area contributed by atoms with Crippen molar-refractivity contribution >= 4 is 21.6 Å². The number of carbonyl (C=O) groups excluding carboxylic acids is 1. The second-order valence-corrected chi connectivity index (χ2v) is 8.88. The fraction of sp³-hybridized carbons (Fsp3) is 0.238. The third-order valence-corrected chi connectivity index (χ3v) is 6.87. The van der Waals surface area contributed by atoms with Gasteiger partial charge in [-0.15, -0.1) is 0 Å². The minimum absolute atomic E-state index is 0.204. The lowest BCUT2D eigenvalue weighted by atomic mass is 10.2. The summed E-state index contributed by atoms with van der Waals surface area (Å²) in [5, 5.41) is 7.09. The van der Waals surface area contributed by atoms with Crippen LogP contribution >= 0.6 is 0 Å². The molecule has 1 saturated heterocycles. The zero-order valence-electron chi connectivity index (χ0n) is 15.8. The van der Waals surface area contributed by atoms with Gasteiger partial charge in [0, 0.05) is 12.7 Å². The van der Waals surface area contributed by atoms with Gasteiger partial charge in [0.15, 0.2) is 0 Å². The van der Waals surface area contributed by atoms with Crippen molar-refractivity contribution in [3.8, 4) is 0 Å². The molecule has 1 unspecified atom stereocenters. The first-order valence-electron chi connectivity index (χ1n) is 9.48. The second kappa shape index (κ2) is 8.18. The SMILES string of the molecule is O=C(Nc1cnn(Cc2ccccc2)c1)C1CCCN1S(=O)(=O)c1ccccc1. The van der Waals surface area contributed by atoms with E-state index < -0.39 is 16.1 Å². The van der Waals surface area contributed by atoms with Gasteiger partial charge in [0.05, 0.1) is 23.3 Å². The van der Waals surface area contributed by atoms with E-state index in [9.17, 15) is 13.2 Å². The predicted molar refractivity (Wildman–Crippen MR) is 110 cm³/mol. The molecule has 1 aliphatic rings. The monoisotopic (exact) mass is 410 g/mol. The van der Waals surface area contributed by atoms with E-state index in [1.54, 1.807) is 47.4 Å². The molecule has 1 amide bonds. The van der Waals surface area contributed by atoms with Gasteiger partial charge in [0.1, 0.15) is 6.04 Å². The van der Waals surface area contributed by atoms with Crippen molar-refractivity contribution in [2.75, 3.05) is 11.9 Å². The number of hydrogen-bond acceptors (Lipinski definition) is 4. The molecule has 29 heavy (non-hydrogen) atoms. The summed E-state index contributed by atoms with van der Waals surface area (Å²) in [4.78, 5) is 13.0. The molecule has 1 aromatic heterocycles. The zero-order valence-corrected chi connectivity index (χ0v) is 16.6. The maximum Gasteiger partial charge on any atom is 0.243 e. The van der Waals surface area contributed by atoms with Gasteiger partial charge >= 0.3 is 0 Å². The number of sulfonamides is 1. The molecule has 1 N–H and O–H groups in total. The van der Waals surface area contributed by atoms with E-state index in [1.807, 2.05) is 30.3 Å². The molecule has 8 heteroatoms. The number of nitrogens with zero attached hydrogens (tertiary/aromatic N) is 3. The number of amides is 1. The number of anilines is 1. The number of carbonyl (C=O) groups is 1. The van der Waals surface area contributed by atoms with Crippen molar-refractivity contribution in [3.05, 3.63) is 78.6 Å². The van der Waals surface area contributed by atoms with E-state index >= 15 is 0 Å². The maximum absolute atomic E-state index is 12.9. The Bertz CT molecular complexity index is 1080. The van der Waals surface area contributed by atoms with Crippen molar-refractivity contribution in [2.24, 2.45) is 0 Å². The summed E-state index contributed by atoms with van der Waals surface area (Å²) in [6, 6.07) is 17.4. The molecule has 4 rings (SSSR count). The summed E-state index contributed by atoms with van der Waals surface area (Å²) in [6.07, 6.45) is 4.47. The van der Waals surface area contributed by atoms with Crippen LogP contribution in [0.2, 0.25) is 0 Å². The van der Waals surface area contributed by atoms with Gasteiger partial charge in [0.2, 0.25) is 15.9 Å². The Balaban J connectivity index is 1.46. The predicted octanol–water partition coefficient (Wildman–Crippen LogP) is 2.72. The number of rotatable bonds is 6. The smallest absolute Gasteiger partial charge is 0.243 e. The first-order valence-corrected chi connectivity index (χ1v) is 10.9. The van der Waals surface area contributed by atoms with E-state index in [0.717, 1.165) is 5.56 Å². The number of aromatic nitrogens is 2. The molecule has 150 valence electrons. The number of nitrogens with one attached hydrogen (secondary N) is 1. The fourth-order valence-corrected chi connectivity index (χ4v) is 5.21. The first-order chi connectivity index (χ1) is 14.0. The maximum atomic E-state index is 12.9. The normalized spacial score (nSPS) is 17.3. The molecule has 0 spiro atoms. The van der Waals surface area contributed by atoms with Crippen LogP contribution in [0.15, 0.2) is 78.0 Å². The van der Waals surface area contributed by atoms with Gasteiger partial charge in [-0.25, -0.2) is 8.42 Å². The molecule has 1 fully saturated rings.